The fraction of sp³-hybridized carbons (Fsp3) is 0.0500. The fourth-order valence-corrected chi connectivity index (χ4v) is 2.71. The van der Waals surface area contributed by atoms with Gasteiger partial charge in [0.25, 0.3) is 5.91 Å². The van der Waals surface area contributed by atoms with Gasteiger partial charge in [-0.2, -0.15) is 0 Å². The van der Waals surface area contributed by atoms with Crippen molar-refractivity contribution in [3.05, 3.63) is 72.0 Å². The molecule has 0 aliphatic carbocycles. The van der Waals surface area contributed by atoms with Crippen molar-refractivity contribution in [2.24, 2.45) is 0 Å². The van der Waals surface area contributed by atoms with Crippen LogP contribution in [0.1, 0.15) is 0 Å². The van der Waals surface area contributed by atoms with Gasteiger partial charge >= 0.3 is 0 Å². The summed E-state index contributed by atoms with van der Waals surface area (Å²) in [5.74, 6) is 0.635. The average Bonchev–Trinajstić information content (AvgIpc) is 3.11. The van der Waals surface area contributed by atoms with E-state index in [1.54, 1.807) is 54.9 Å². The van der Waals surface area contributed by atoms with Crippen molar-refractivity contribution in [2.75, 3.05) is 11.9 Å². The quantitative estimate of drug-likeness (QED) is 0.550. The number of benzene rings is 2. The second kappa shape index (κ2) is 7.47. The number of rotatable bonds is 5. The molecule has 7 heteroatoms. The number of hydrogen-bond acceptors (Lipinski definition) is 5. The first kappa shape index (κ1) is 17.1. The van der Waals surface area contributed by atoms with Crippen molar-refractivity contribution in [3.8, 4) is 17.2 Å². The van der Waals surface area contributed by atoms with Gasteiger partial charge in [-0.05, 0) is 42.5 Å². The third kappa shape index (κ3) is 3.91. The van der Waals surface area contributed by atoms with Gasteiger partial charge in [-0.1, -0.05) is 23.7 Å². The molecule has 0 aliphatic rings. The predicted molar refractivity (Wildman–Crippen MR) is 103 cm³/mol. The van der Waals surface area contributed by atoms with E-state index in [4.69, 9.17) is 20.8 Å². The molecule has 0 fully saturated rings. The molecule has 1 amide bonds. The van der Waals surface area contributed by atoms with E-state index >= 15 is 0 Å². The number of fused-ring (bicyclic) bond motifs is 1. The molecular formula is C20H14ClN3O3. The first-order valence-electron chi connectivity index (χ1n) is 8.17. The lowest BCUT2D eigenvalue weighted by Gasteiger charge is -2.08. The number of nitrogens with zero attached hydrogens (tertiary/aromatic N) is 2. The van der Waals surface area contributed by atoms with Gasteiger partial charge in [-0.25, -0.2) is 4.98 Å². The first-order valence-corrected chi connectivity index (χ1v) is 8.55. The van der Waals surface area contributed by atoms with Crippen LogP contribution in [0.2, 0.25) is 5.02 Å². The van der Waals surface area contributed by atoms with E-state index in [2.05, 4.69) is 15.3 Å². The minimum Gasteiger partial charge on any atom is -0.482 e. The Balaban J connectivity index is 1.46. The van der Waals surface area contributed by atoms with Crippen molar-refractivity contribution in [1.82, 2.24) is 9.97 Å². The predicted octanol–water partition coefficient (Wildman–Crippen LogP) is 4.56. The number of halogens is 1. The molecule has 0 atom stereocenters. The van der Waals surface area contributed by atoms with E-state index in [1.807, 2.05) is 12.1 Å². The Hall–Kier alpha value is -3.38. The largest absolute Gasteiger partial charge is 0.482 e. The summed E-state index contributed by atoms with van der Waals surface area (Å²) in [5, 5.41) is 3.23. The molecule has 2 aromatic heterocycles. The molecule has 134 valence electrons. The van der Waals surface area contributed by atoms with Gasteiger partial charge in [0.1, 0.15) is 11.3 Å². The number of aromatic nitrogens is 2. The average molecular weight is 380 g/mol. The van der Waals surface area contributed by atoms with Crippen molar-refractivity contribution in [1.29, 1.82) is 0 Å². The summed E-state index contributed by atoms with van der Waals surface area (Å²) < 4.78 is 11.2. The molecule has 0 aliphatic heterocycles. The zero-order chi connectivity index (χ0) is 18.6. The summed E-state index contributed by atoms with van der Waals surface area (Å²) in [6.07, 6.45) is 3.37. The van der Waals surface area contributed by atoms with Crippen LogP contribution in [0.25, 0.3) is 22.6 Å². The standard InChI is InChI=1S/C20H14ClN3O3/c21-15-5-1-2-6-17(15)26-12-19(25)23-14-7-8-18-16(10-14)24-20(27-18)13-4-3-9-22-11-13/h1-11H,12H2,(H,23,25). The third-order valence-corrected chi connectivity index (χ3v) is 4.09. The van der Waals surface area contributed by atoms with Gasteiger partial charge in [-0.3, -0.25) is 9.78 Å². The van der Waals surface area contributed by atoms with Crippen LogP contribution in [-0.4, -0.2) is 22.5 Å². The maximum absolute atomic E-state index is 12.1. The van der Waals surface area contributed by atoms with Gasteiger partial charge in [-0.15, -0.1) is 0 Å². The number of ether oxygens (including phenoxy) is 1. The maximum atomic E-state index is 12.1. The number of carbonyl (C=O) groups excluding carboxylic acids is 1. The topological polar surface area (TPSA) is 77.2 Å². The first-order chi connectivity index (χ1) is 13.2. The summed E-state index contributed by atoms with van der Waals surface area (Å²) in [7, 11) is 0. The highest BCUT2D eigenvalue weighted by Crippen LogP contribution is 2.26. The third-order valence-electron chi connectivity index (χ3n) is 3.78. The van der Waals surface area contributed by atoms with E-state index in [1.165, 1.54) is 0 Å². The van der Waals surface area contributed by atoms with Gasteiger partial charge in [0.15, 0.2) is 12.2 Å². The van der Waals surface area contributed by atoms with E-state index in [0.717, 1.165) is 5.56 Å². The van der Waals surface area contributed by atoms with E-state index in [9.17, 15) is 4.79 Å². The zero-order valence-corrected chi connectivity index (χ0v) is 14.8. The molecule has 0 radical (unpaired) electrons. The summed E-state index contributed by atoms with van der Waals surface area (Å²) in [5.41, 5.74) is 2.64. The van der Waals surface area contributed by atoms with Crippen LogP contribution < -0.4 is 10.1 Å². The summed E-state index contributed by atoms with van der Waals surface area (Å²) in [6.45, 7) is -0.151. The number of anilines is 1. The smallest absolute Gasteiger partial charge is 0.262 e. The molecular weight excluding hydrogens is 366 g/mol. The Morgan fingerprint density at radius 1 is 1.15 bits per heavy atom. The number of hydrogen-bond donors (Lipinski definition) is 1. The molecule has 27 heavy (non-hydrogen) atoms. The molecule has 0 bridgehead atoms. The lowest BCUT2D eigenvalue weighted by Crippen LogP contribution is -2.20. The number of amides is 1. The number of pyridine rings is 1. The van der Waals surface area contributed by atoms with Gasteiger partial charge in [0, 0.05) is 18.1 Å². The van der Waals surface area contributed by atoms with Crippen LogP contribution in [-0.2, 0) is 4.79 Å². The van der Waals surface area contributed by atoms with Crippen LogP contribution in [0.4, 0.5) is 5.69 Å². The molecule has 4 aromatic rings. The molecule has 0 unspecified atom stereocenters. The Kier molecular flexibility index (Phi) is 4.72. The molecule has 0 spiro atoms. The highest BCUT2D eigenvalue weighted by molar-refractivity contribution is 6.32. The van der Waals surface area contributed by atoms with Gasteiger partial charge in [0.05, 0.1) is 10.6 Å². The van der Waals surface area contributed by atoms with Crippen LogP contribution in [0.5, 0.6) is 5.75 Å². The summed E-state index contributed by atoms with van der Waals surface area (Å²) in [4.78, 5) is 20.6. The Labute approximate surface area is 159 Å². The normalized spacial score (nSPS) is 10.7. The van der Waals surface area contributed by atoms with E-state index < -0.39 is 0 Å². The number of nitrogens with one attached hydrogen (secondary N) is 1. The summed E-state index contributed by atoms with van der Waals surface area (Å²) in [6, 6.07) is 15.9. The molecule has 4 rings (SSSR count). The van der Waals surface area contributed by atoms with Crippen LogP contribution in [0.3, 0.4) is 0 Å². The number of oxazole rings is 1. The highest BCUT2D eigenvalue weighted by atomic mass is 35.5. The van der Waals surface area contributed by atoms with Crippen molar-refractivity contribution in [2.45, 2.75) is 0 Å². The van der Waals surface area contributed by atoms with Gasteiger partial charge < -0.3 is 14.5 Å². The van der Waals surface area contributed by atoms with Crippen molar-refractivity contribution >= 4 is 34.3 Å². The van der Waals surface area contributed by atoms with Crippen LogP contribution >= 0.6 is 11.6 Å². The highest BCUT2D eigenvalue weighted by Gasteiger charge is 2.11. The Morgan fingerprint density at radius 3 is 2.85 bits per heavy atom. The van der Waals surface area contributed by atoms with Crippen LogP contribution in [0.15, 0.2) is 71.4 Å². The van der Waals surface area contributed by atoms with E-state index in [-0.39, 0.29) is 12.5 Å². The molecule has 1 N–H and O–H groups in total. The lowest BCUT2D eigenvalue weighted by atomic mass is 10.3. The molecule has 0 saturated heterocycles. The van der Waals surface area contributed by atoms with Crippen LogP contribution in [0, 0.1) is 0 Å². The van der Waals surface area contributed by atoms with Gasteiger partial charge in [0.2, 0.25) is 5.89 Å². The Bertz CT molecular complexity index is 1100. The second-order valence-electron chi connectivity index (χ2n) is 5.71. The lowest BCUT2D eigenvalue weighted by molar-refractivity contribution is -0.118. The SMILES string of the molecule is O=C(COc1ccccc1Cl)Nc1ccc2oc(-c3cccnc3)nc2c1. The second-order valence-corrected chi connectivity index (χ2v) is 6.12. The molecule has 0 saturated carbocycles. The maximum Gasteiger partial charge on any atom is 0.262 e. The summed E-state index contributed by atoms with van der Waals surface area (Å²) >= 11 is 6.01. The van der Waals surface area contributed by atoms with Crippen molar-refractivity contribution in [3.63, 3.8) is 0 Å². The Morgan fingerprint density at radius 2 is 2.04 bits per heavy atom. The monoisotopic (exact) mass is 379 g/mol. The molecule has 6 nitrogen and oxygen atoms in total. The van der Waals surface area contributed by atoms with Crippen molar-refractivity contribution < 1.29 is 13.9 Å². The van der Waals surface area contributed by atoms with E-state index in [0.29, 0.717) is 33.4 Å². The fourth-order valence-electron chi connectivity index (χ4n) is 2.52. The molecule has 2 heterocycles. The minimum atomic E-state index is -0.301. The zero-order valence-electron chi connectivity index (χ0n) is 14.1. The number of para-hydroxylation sites is 1. The molecule has 2 aromatic carbocycles. The number of carbonyl (C=O) groups is 1. The minimum absolute atomic E-state index is 0.151.